The number of amides is 1. The van der Waals surface area contributed by atoms with Crippen molar-refractivity contribution in [2.75, 3.05) is 13.1 Å². The molecule has 0 aliphatic carbocycles. The number of carbonyl (C=O) groups is 2. The van der Waals surface area contributed by atoms with Crippen LogP contribution in [0.25, 0.3) is 0 Å². The summed E-state index contributed by atoms with van der Waals surface area (Å²) in [5, 5.41) is 0. The molecule has 0 rings (SSSR count). The maximum Gasteiger partial charge on any atom is 0.225 e. The van der Waals surface area contributed by atoms with Crippen LogP contribution in [0.3, 0.4) is 0 Å². The van der Waals surface area contributed by atoms with Crippen molar-refractivity contribution in [3.63, 3.8) is 0 Å². The van der Waals surface area contributed by atoms with Gasteiger partial charge in [0.1, 0.15) is 5.78 Å². The third-order valence-corrected chi connectivity index (χ3v) is 2.88. The van der Waals surface area contributed by atoms with Crippen LogP contribution in [0.15, 0.2) is 0 Å². The normalized spacial score (nSPS) is 12.2. The van der Waals surface area contributed by atoms with Gasteiger partial charge in [-0.1, -0.05) is 40.0 Å². The zero-order valence-electron chi connectivity index (χ0n) is 11.8. The first-order valence-electron chi connectivity index (χ1n) is 6.81. The van der Waals surface area contributed by atoms with Crippen LogP contribution in [0.5, 0.6) is 0 Å². The van der Waals surface area contributed by atoms with E-state index in [2.05, 4.69) is 6.92 Å². The van der Waals surface area contributed by atoms with E-state index in [9.17, 15) is 9.59 Å². The molecule has 1 atom stereocenters. The fourth-order valence-electron chi connectivity index (χ4n) is 1.94. The van der Waals surface area contributed by atoms with Crippen LogP contribution in [-0.4, -0.2) is 29.7 Å². The molecule has 0 bridgehead atoms. The highest BCUT2D eigenvalue weighted by Crippen LogP contribution is 2.13. The Balaban J connectivity index is 4.22. The summed E-state index contributed by atoms with van der Waals surface area (Å²) in [6.45, 7) is 8.66. The summed E-state index contributed by atoms with van der Waals surface area (Å²) < 4.78 is 0. The van der Waals surface area contributed by atoms with Gasteiger partial charge in [-0.25, -0.2) is 0 Å². The van der Waals surface area contributed by atoms with E-state index in [1.54, 1.807) is 4.90 Å². The molecule has 0 aliphatic heterocycles. The van der Waals surface area contributed by atoms with Gasteiger partial charge in [-0.15, -0.1) is 0 Å². The Morgan fingerprint density at radius 3 is 2.24 bits per heavy atom. The zero-order chi connectivity index (χ0) is 13.3. The van der Waals surface area contributed by atoms with Gasteiger partial charge < -0.3 is 4.90 Å². The number of carbonyl (C=O) groups excluding carboxylic acids is 2. The minimum absolute atomic E-state index is 0.0486. The lowest BCUT2D eigenvalue weighted by Crippen LogP contribution is -2.38. The zero-order valence-corrected chi connectivity index (χ0v) is 11.8. The first kappa shape index (κ1) is 16.1. The quantitative estimate of drug-likeness (QED) is 0.582. The van der Waals surface area contributed by atoms with Crippen molar-refractivity contribution in [2.24, 2.45) is 5.92 Å². The van der Waals surface area contributed by atoms with Gasteiger partial charge in [0, 0.05) is 12.5 Å². The molecule has 0 aromatic rings. The predicted molar refractivity (Wildman–Crippen MR) is 70.9 cm³/mol. The van der Waals surface area contributed by atoms with E-state index >= 15 is 0 Å². The van der Waals surface area contributed by atoms with Gasteiger partial charge >= 0.3 is 0 Å². The van der Waals surface area contributed by atoms with E-state index in [-0.39, 0.29) is 24.2 Å². The maximum atomic E-state index is 12.1. The van der Waals surface area contributed by atoms with Crippen LogP contribution >= 0.6 is 0 Å². The number of hydrogen-bond donors (Lipinski definition) is 0. The van der Waals surface area contributed by atoms with Crippen LogP contribution in [-0.2, 0) is 9.59 Å². The molecule has 0 aromatic heterocycles. The third kappa shape index (κ3) is 7.14. The van der Waals surface area contributed by atoms with Crippen molar-refractivity contribution >= 4 is 11.7 Å². The number of nitrogens with zero attached hydrogens (tertiary/aromatic N) is 1. The van der Waals surface area contributed by atoms with E-state index in [0.29, 0.717) is 6.54 Å². The van der Waals surface area contributed by atoms with E-state index in [1.165, 1.54) is 19.8 Å². The van der Waals surface area contributed by atoms with Gasteiger partial charge in [-0.3, -0.25) is 9.59 Å². The highest BCUT2D eigenvalue weighted by Gasteiger charge is 2.20. The molecule has 0 aliphatic rings. The van der Waals surface area contributed by atoms with Crippen LogP contribution in [0.1, 0.15) is 59.8 Å². The van der Waals surface area contributed by atoms with Crippen molar-refractivity contribution in [1.82, 2.24) is 4.90 Å². The molecule has 0 heterocycles. The van der Waals surface area contributed by atoms with Crippen LogP contribution in [0, 0.1) is 5.92 Å². The van der Waals surface area contributed by atoms with Crippen molar-refractivity contribution in [1.29, 1.82) is 0 Å². The molecule has 100 valence electrons. The Morgan fingerprint density at radius 2 is 1.76 bits per heavy atom. The van der Waals surface area contributed by atoms with Crippen LogP contribution < -0.4 is 0 Å². The van der Waals surface area contributed by atoms with Crippen LogP contribution in [0.4, 0.5) is 0 Å². The second-order valence-corrected chi connectivity index (χ2v) is 4.86. The Bertz CT molecular complexity index is 238. The second kappa shape index (κ2) is 9.20. The number of unbranched alkanes of at least 4 members (excludes halogenated alkanes) is 2. The Kier molecular flexibility index (Phi) is 8.73. The predicted octanol–water partition coefficient (Wildman–Crippen LogP) is 3.03. The molecule has 0 fully saturated rings. The highest BCUT2D eigenvalue weighted by atomic mass is 16.2. The van der Waals surface area contributed by atoms with Gasteiger partial charge in [-0.2, -0.15) is 0 Å². The number of Topliss-reactive ketones (excluding diaryl/α,β-unsaturated/α-hetero) is 1. The van der Waals surface area contributed by atoms with E-state index < -0.39 is 0 Å². The summed E-state index contributed by atoms with van der Waals surface area (Å²) in [4.78, 5) is 25.0. The molecular weight excluding hydrogens is 214 g/mol. The number of hydrogen-bond acceptors (Lipinski definition) is 2. The third-order valence-electron chi connectivity index (χ3n) is 2.88. The first-order chi connectivity index (χ1) is 8.02. The summed E-state index contributed by atoms with van der Waals surface area (Å²) in [6.07, 6.45) is 5.29. The lowest BCUT2D eigenvalue weighted by atomic mass is 10.0. The summed E-state index contributed by atoms with van der Waals surface area (Å²) >= 11 is 0. The molecule has 1 amide bonds. The Labute approximate surface area is 106 Å². The molecule has 3 heteroatoms. The summed E-state index contributed by atoms with van der Waals surface area (Å²) in [5.41, 5.74) is 0. The van der Waals surface area contributed by atoms with Crippen molar-refractivity contribution in [2.45, 2.75) is 59.8 Å². The van der Waals surface area contributed by atoms with E-state index in [0.717, 1.165) is 19.3 Å². The summed E-state index contributed by atoms with van der Waals surface area (Å²) in [7, 11) is 0. The molecule has 3 nitrogen and oxygen atoms in total. The fraction of sp³-hybridized carbons (Fsp3) is 0.857. The Morgan fingerprint density at radius 1 is 1.12 bits per heavy atom. The monoisotopic (exact) mass is 241 g/mol. The number of ketones is 1. The van der Waals surface area contributed by atoms with Gasteiger partial charge in [0.25, 0.3) is 0 Å². The van der Waals surface area contributed by atoms with Gasteiger partial charge in [-0.05, 0) is 19.8 Å². The number of rotatable bonds is 9. The largest absolute Gasteiger partial charge is 0.335 e. The molecule has 0 saturated heterocycles. The molecule has 1 unspecified atom stereocenters. The van der Waals surface area contributed by atoms with Crippen LogP contribution in [0.2, 0.25) is 0 Å². The molecule has 0 aromatic carbocycles. The molecule has 0 radical (unpaired) electrons. The topological polar surface area (TPSA) is 37.4 Å². The summed E-state index contributed by atoms with van der Waals surface area (Å²) in [6, 6.07) is 0. The molecular formula is C14H27NO2. The van der Waals surface area contributed by atoms with Crippen molar-refractivity contribution < 1.29 is 9.59 Å². The molecule has 0 saturated carbocycles. The van der Waals surface area contributed by atoms with Gasteiger partial charge in [0.15, 0.2) is 0 Å². The molecule has 0 N–H and O–H groups in total. The molecule has 17 heavy (non-hydrogen) atoms. The average Bonchev–Trinajstić information content (AvgIpc) is 2.27. The van der Waals surface area contributed by atoms with Gasteiger partial charge in [0.05, 0.1) is 6.54 Å². The second-order valence-electron chi connectivity index (χ2n) is 4.86. The summed E-state index contributed by atoms with van der Waals surface area (Å²) in [5.74, 6) is 0.248. The Hall–Kier alpha value is -0.860. The van der Waals surface area contributed by atoms with E-state index in [4.69, 9.17) is 0 Å². The van der Waals surface area contributed by atoms with Crippen molar-refractivity contribution in [3.05, 3.63) is 0 Å². The lowest BCUT2D eigenvalue weighted by Gasteiger charge is -2.24. The van der Waals surface area contributed by atoms with Gasteiger partial charge in [0.2, 0.25) is 5.91 Å². The van der Waals surface area contributed by atoms with E-state index in [1.807, 2.05) is 13.8 Å². The lowest BCUT2D eigenvalue weighted by molar-refractivity contribution is -0.138. The smallest absolute Gasteiger partial charge is 0.225 e. The van der Waals surface area contributed by atoms with Crippen molar-refractivity contribution in [3.8, 4) is 0 Å². The fourth-order valence-corrected chi connectivity index (χ4v) is 1.94. The first-order valence-corrected chi connectivity index (χ1v) is 6.81. The standard InChI is InChI=1S/C14H27NO2/c1-5-7-8-9-12(3)14(17)15(10-6-2)11-13(4)16/h12H,5-11H2,1-4H3. The maximum absolute atomic E-state index is 12.1. The highest BCUT2D eigenvalue weighted by molar-refractivity contribution is 5.85. The molecule has 0 spiro atoms. The minimum atomic E-state index is 0.0486. The SMILES string of the molecule is CCCCCC(C)C(=O)N(CCC)CC(C)=O. The average molecular weight is 241 g/mol. The minimum Gasteiger partial charge on any atom is -0.335 e.